The van der Waals surface area contributed by atoms with Crippen molar-refractivity contribution in [3.8, 4) is 0 Å². The number of halogens is 1. The minimum Gasteiger partial charge on any atom is -0.310 e. The molecule has 17 heavy (non-hydrogen) atoms. The van der Waals surface area contributed by atoms with E-state index in [0.29, 0.717) is 12.0 Å². The standard InChI is InChI=1S/C15H24IN/c1-4-8-12(3)15(17-11-5-2)13-9-6-7-10-14(13)16/h6-7,9-10,12,15,17H,4-5,8,11H2,1-3H3. The number of rotatable bonds is 7. The topological polar surface area (TPSA) is 12.0 Å². The zero-order valence-electron chi connectivity index (χ0n) is 11.2. The van der Waals surface area contributed by atoms with Crippen LogP contribution in [-0.4, -0.2) is 6.54 Å². The molecule has 1 nitrogen and oxygen atoms in total. The molecule has 0 aliphatic carbocycles. The first-order valence-corrected chi connectivity index (χ1v) is 7.76. The van der Waals surface area contributed by atoms with E-state index in [2.05, 4.69) is 72.9 Å². The highest BCUT2D eigenvalue weighted by molar-refractivity contribution is 14.1. The zero-order chi connectivity index (χ0) is 12.7. The Morgan fingerprint density at radius 1 is 1.18 bits per heavy atom. The van der Waals surface area contributed by atoms with E-state index in [4.69, 9.17) is 0 Å². The second kappa shape index (κ2) is 8.09. The van der Waals surface area contributed by atoms with Crippen LogP contribution >= 0.6 is 22.6 Å². The molecule has 1 aromatic carbocycles. The predicted molar refractivity (Wildman–Crippen MR) is 84.3 cm³/mol. The Morgan fingerprint density at radius 2 is 1.88 bits per heavy atom. The van der Waals surface area contributed by atoms with Gasteiger partial charge in [0.2, 0.25) is 0 Å². The predicted octanol–water partition coefficient (Wildman–Crippen LogP) is 4.77. The number of nitrogens with one attached hydrogen (secondary N) is 1. The van der Waals surface area contributed by atoms with Crippen molar-refractivity contribution < 1.29 is 0 Å². The second-order valence-corrected chi connectivity index (χ2v) is 5.88. The van der Waals surface area contributed by atoms with E-state index in [1.165, 1.54) is 28.4 Å². The largest absolute Gasteiger partial charge is 0.310 e. The molecule has 1 N–H and O–H groups in total. The van der Waals surface area contributed by atoms with Gasteiger partial charge in [0, 0.05) is 9.61 Å². The molecule has 0 radical (unpaired) electrons. The Labute approximate surface area is 120 Å². The molecule has 1 rings (SSSR count). The van der Waals surface area contributed by atoms with Gasteiger partial charge in [0.25, 0.3) is 0 Å². The second-order valence-electron chi connectivity index (χ2n) is 4.72. The summed E-state index contributed by atoms with van der Waals surface area (Å²) in [4.78, 5) is 0. The fourth-order valence-corrected chi connectivity index (χ4v) is 2.99. The van der Waals surface area contributed by atoms with Crippen molar-refractivity contribution in [2.24, 2.45) is 5.92 Å². The summed E-state index contributed by atoms with van der Waals surface area (Å²) in [6.07, 6.45) is 3.74. The molecule has 0 saturated carbocycles. The fourth-order valence-electron chi connectivity index (χ4n) is 2.27. The van der Waals surface area contributed by atoms with Gasteiger partial charge < -0.3 is 5.32 Å². The van der Waals surface area contributed by atoms with Crippen molar-refractivity contribution in [3.63, 3.8) is 0 Å². The van der Waals surface area contributed by atoms with Gasteiger partial charge in [0.1, 0.15) is 0 Å². The molecule has 0 fully saturated rings. The highest BCUT2D eigenvalue weighted by Crippen LogP contribution is 2.28. The van der Waals surface area contributed by atoms with Crippen molar-refractivity contribution >= 4 is 22.6 Å². The lowest BCUT2D eigenvalue weighted by atomic mass is 9.91. The molecular weight excluding hydrogens is 321 g/mol. The lowest BCUT2D eigenvalue weighted by molar-refractivity contribution is 0.362. The van der Waals surface area contributed by atoms with Gasteiger partial charge in [-0.25, -0.2) is 0 Å². The molecule has 0 heterocycles. The molecule has 0 spiro atoms. The smallest absolute Gasteiger partial charge is 0.0356 e. The van der Waals surface area contributed by atoms with Crippen LogP contribution in [0.15, 0.2) is 24.3 Å². The summed E-state index contributed by atoms with van der Waals surface area (Å²) < 4.78 is 1.38. The molecule has 0 saturated heterocycles. The van der Waals surface area contributed by atoms with Gasteiger partial charge >= 0.3 is 0 Å². The molecular formula is C15H24IN. The number of benzene rings is 1. The van der Waals surface area contributed by atoms with Crippen LogP contribution in [0.5, 0.6) is 0 Å². The summed E-state index contributed by atoms with van der Waals surface area (Å²) in [7, 11) is 0. The summed E-state index contributed by atoms with van der Waals surface area (Å²) in [5, 5.41) is 3.71. The van der Waals surface area contributed by atoms with Crippen LogP contribution in [0.3, 0.4) is 0 Å². The maximum absolute atomic E-state index is 3.71. The van der Waals surface area contributed by atoms with Crippen molar-refractivity contribution in [1.82, 2.24) is 5.32 Å². The summed E-state index contributed by atoms with van der Waals surface area (Å²) in [5.74, 6) is 0.697. The summed E-state index contributed by atoms with van der Waals surface area (Å²) >= 11 is 2.45. The summed E-state index contributed by atoms with van der Waals surface area (Å²) in [5.41, 5.74) is 1.46. The van der Waals surface area contributed by atoms with Gasteiger partial charge in [-0.1, -0.05) is 45.4 Å². The molecule has 0 bridgehead atoms. The first-order valence-electron chi connectivity index (χ1n) is 6.68. The minimum absolute atomic E-state index is 0.503. The highest BCUT2D eigenvalue weighted by atomic mass is 127. The van der Waals surface area contributed by atoms with E-state index >= 15 is 0 Å². The Bertz CT molecular complexity index is 324. The van der Waals surface area contributed by atoms with Crippen LogP contribution in [-0.2, 0) is 0 Å². The molecule has 0 aromatic heterocycles. The number of hydrogen-bond donors (Lipinski definition) is 1. The Balaban J connectivity index is 2.85. The molecule has 2 atom stereocenters. The Kier molecular flexibility index (Phi) is 7.12. The quantitative estimate of drug-likeness (QED) is 0.702. The van der Waals surface area contributed by atoms with Crippen molar-refractivity contribution in [2.45, 2.75) is 46.1 Å². The molecule has 96 valence electrons. The van der Waals surface area contributed by atoms with E-state index < -0.39 is 0 Å². The van der Waals surface area contributed by atoms with Gasteiger partial charge in [0.05, 0.1) is 0 Å². The molecule has 2 unspecified atom stereocenters. The average Bonchev–Trinajstić information content (AvgIpc) is 2.32. The third kappa shape index (κ3) is 4.59. The maximum Gasteiger partial charge on any atom is 0.0356 e. The highest BCUT2D eigenvalue weighted by Gasteiger charge is 2.19. The van der Waals surface area contributed by atoms with Gasteiger partial charge in [-0.05, 0) is 59.5 Å². The summed E-state index contributed by atoms with van der Waals surface area (Å²) in [6.45, 7) is 7.96. The molecule has 1 aromatic rings. The van der Waals surface area contributed by atoms with Gasteiger partial charge in [-0.2, -0.15) is 0 Å². The first kappa shape index (κ1) is 15.0. The van der Waals surface area contributed by atoms with Crippen molar-refractivity contribution in [2.75, 3.05) is 6.54 Å². The lowest BCUT2D eigenvalue weighted by Gasteiger charge is -2.26. The van der Waals surface area contributed by atoms with Gasteiger partial charge in [-0.15, -0.1) is 0 Å². The first-order chi connectivity index (χ1) is 8.20. The molecule has 0 amide bonds. The normalized spacial score (nSPS) is 14.6. The van der Waals surface area contributed by atoms with Crippen LogP contribution in [0, 0.1) is 9.49 Å². The van der Waals surface area contributed by atoms with Crippen LogP contribution < -0.4 is 5.32 Å². The zero-order valence-corrected chi connectivity index (χ0v) is 13.3. The monoisotopic (exact) mass is 345 g/mol. The van der Waals surface area contributed by atoms with E-state index in [1.54, 1.807) is 0 Å². The van der Waals surface area contributed by atoms with Gasteiger partial charge in [-0.3, -0.25) is 0 Å². The van der Waals surface area contributed by atoms with E-state index in [-0.39, 0.29) is 0 Å². The van der Waals surface area contributed by atoms with E-state index in [1.807, 2.05) is 0 Å². The third-order valence-corrected chi connectivity index (χ3v) is 4.15. The number of hydrogen-bond acceptors (Lipinski definition) is 1. The Hall–Kier alpha value is -0.0900. The minimum atomic E-state index is 0.503. The van der Waals surface area contributed by atoms with Crippen molar-refractivity contribution in [1.29, 1.82) is 0 Å². The lowest BCUT2D eigenvalue weighted by Crippen LogP contribution is -2.28. The van der Waals surface area contributed by atoms with E-state index in [0.717, 1.165) is 6.54 Å². The molecule has 0 aliphatic heterocycles. The Morgan fingerprint density at radius 3 is 2.47 bits per heavy atom. The van der Waals surface area contributed by atoms with Crippen LogP contribution in [0.2, 0.25) is 0 Å². The van der Waals surface area contributed by atoms with Gasteiger partial charge in [0.15, 0.2) is 0 Å². The van der Waals surface area contributed by atoms with E-state index in [9.17, 15) is 0 Å². The van der Waals surface area contributed by atoms with Crippen LogP contribution in [0.1, 0.15) is 51.6 Å². The van der Waals surface area contributed by atoms with Crippen LogP contribution in [0.25, 0.3) is 0 Å². The fraction of sp³-hybridized carbons (Fsp3) is 0.600. The molecule has 2 heteroatoms. The summed E-state index contributed by atoms with van der Waals surface area (Å²) in [6, 6.07) is 9.24. The molecule has 0 aliphatic rings. The maximum atomic E-state index is 3.71. The van der Waals surface area contributed by atoms with Crippen LogP contribution in [0.4, 0.5) is 0 Å². The average molecular weight is 345 g/mol. The third-order valence-electron chi connectivity index (χ3n) is 3.17. The SMILES string of the molecule is CCCNC(c1ccccc1I)C(C)CCC. The van der Waals surface area contributed by atoms with Crippen molar-refractivity contribution in [3.05, 3.63) is 33.4 Å².